The van der Waals surface area contributed by atoms with Crippen LogP contribution < -0.4 is 5.32 Å². The molecule has 1 unspecified atom stereocenters. The van der Waals surface area contributed by atoms with Crippen molar-refractivity contribution in [2.75, 3.05) is 7.11 Å². The maximum atomic E-state index is 5.42. The minimum absolute atomic E-state index is 0.0489. The third-order valence-electron chi connectivity index (χ3n) is 2.48. The highest BCUT2D eigenvalue weighted by atomic mass is 16.5. The Kier molecular flexibility index (Phi) is 4.96. The SMILES string of the molecule is COC(c1ncc(CNC(C)C)[nH]1)C(C)C. The van der Waals surface area contributed by atoms with Crippen LogP contribution in [-0.4, -0.2) is 23.1 Å². The number of aromatic nitrogens is 2. The highest BCUT2D eigenvalue weighted by Crippen LogP contribution is 2.22. The number of hydrogen-bond donors (Lipinski definition) is 2. The van der Waals surface area contributed by atoms with Crippen LogP contribution in [0.15, 0.2) is 6.20 Å². The van der Waals surface area contributed by atoms with Gasteiger partial charge in [-0.1, -0.05) is 27.7 Å². The van der Waals surface area contributed by atoms with E-state index in [2.05, 4.69) is 43.0 Å². The number of aromatic amines is 1. The summed E-state index contributed by atoms with van der Waals surface area (Å²) >= 11 is 0. The second kappa shape index (κ2) is 6.01. The summed E-state index contributed by atoms with van der Waals surface area (Å²) in [6, 6.07) is 0.482. The fraction of sp³-hybridized carbons (Fsp3) is 0.750. The second-order valence-corrected chi connectivity index (χ2v) is 4.73. The van der Waals surface area contributed by atoms with Crippen LogP contribution in [-0.2, 0) is 11.3 Å². The lowest BCUT2D eigenvalue weighted by atomic mass is 10.1. The van der Waals surface area contributed by atoms with Crippen molar-refractivity contribution in [2.45, 2.75) is 46.4 Å². The van der Waals surface area contributed by atoms with Crippen LogP contribution in [0.2, 0.25) is 0 Å². The molecule has 0 aliphatic heterocycles. The lowest BCUT2D eigenvalue weighted by Gasteiger charge is -2.16. The average molecular weight is 225 g/mol. The molecule has 1 aromatic heterocycles. The number of methoxy groups -OCH3 is 1. The van der Waals surface area contributed by atoms with E-state index in [1.807, 2.05) is 6.20 Å². The maximum Gasteiger partial charge on any atom is 0.135 e. The van der Waals surface area contributed by atoms with E-state index >= 15 is 0 Å². The van der Waals surface area contributed by atoms with Crippen molar-refractivity contribution in [3.8, 4) is 0 Å². The molecular weight excluding hydrogens is 202 g/mol. The number of rotatable bonds is 6. The molecule has 0 amide bonds. The Balaban J connectivity index is 2.62. The molecule has 1 rings (SSSR count). The molecule has 0 aliphatic carbocycles. The summed E-state index contributed by atoms with van der Waals surface area (Å²) in [6.07, 6.45) is 1.92. The van der Waals surface area contributed by atoms with Gasteiger partial charge in [-0.2, -0.15) is 0 Å². The molecule has 1 atom stereocenters. The average Bonchev–Trinajstić information content (AvgIpc) is 2.64. The monoisotopic (exact) mass is 225 g/mol. The minimum atomic E-state index is 0.0489. The Morgan fingerprint density at radius 1 is 1.38 bits per heavy atom. The molecule has 1 heterocycles. The van der Waals surface area contributed by atoms with E-state index in [0.717, 1.165) is 18.1 Å². The van der Waals surface area contributed by atoms with Gasteiger partial charge in [-0.3, -0.25) is 0 Å². The molecule has 4 nitrogen and oxygen atoms in total. The van der Waals surface area contributed by atoms with Crippen LogP contribution in [0.4, 0.5) is 0 Å². The molecule has 4 heteroatoms. The molecule has 0 spiro atoms. The third kappa shape index (κ3) is 3.61. The Hall–Kier alpha value is -0.870. The smallest absolute Gasteiger partial charge is 0.135 e. The number of nitrogens with zero attached hydrogens (tertiary/aromatic N) is 1. The largest absolute Gasteiger partial charge is 0.373 e. The van der Waals surface area contributed by atoms with E-state index in [-0.39, 0.29) is 6.10 Å². The van der Waals surface area contributed by atoms with Crippen molar-refractivity contribution < 1.29 is 4.74 Å². The zero-order valence-electron chi connectivity index (χ0n) is 10.9. The molecule has 0 aliphatic rings. The molecule has 0 bridgehead atoms. The zero-order valence-corrected chi connectivity index (χ0v) is 10.9. The summed E-state index contributed by atoms with van der Waals surface area (Å²) in [5, 5.41) is 3.35. The van der Waals surface area contributed by atoms with Crippen molar-refractivity contribution in [2.24, 2.45) is 5.92 Å². The van der Waals surface area contributed by atoms with Gasteiger partial charge in [0.1, 0.15) is 11.9 Å². The van der Waals surface area contributed by atoms with Gasteiger partial charge in [-0.15, -0.1) is 0 Å². The Bertz CT molecular complexity index is 307. The van der Waals surface area contributed by atoms with Gasteiger partial charge in [0.15, 0.2) is 0 Å². The van der Waals surface area contributed by atoms with Crippen LogP contribution >= 0.6 is 0 Å². The predicted molar refractivity (Wildman–Crippen MR) is 65.2 cm³/mol. The van der Waals surface area contributed by atoms with Crippen molar-refractivity contribution >= 4 is 0 Å². The van der Waals surface area contributed by atoms with Crippen molar-refractivity contribution in [3.63, 3.8) is 0 Å². The van der Waals surface area contributed by atoms with Crippen LogP contribution in [0.25, 0.3) is 0 Å². The fourth-order valence-corrected chi connectivity index (χ4v) is 1.62. The van der Waals surface area contributed by atoms with E-state index in [1.54, 1.807) is 7.11 Å². The highest BCUT2D eigenvalue weighted by molar-refractivity contribution is 5.04. The van der Waals surface area contributed by atoms with E-state index in [1.165, 1.54) is 0 Å². The Morgan fingerprint density at radius 3 is 2.56 bits per heavy atom. The first-order valence-corrected chi connectivity index (χ1v) is 5.84. The lowest BCUT2D eigenvalue weighted by Crippen LogP contribution is -2.22. The first kappa shape index (κ1) is 13.2. The zero-order chi connectivity index (χ0) is 12.1. The van der Waals surface area contributed by atoms with Crippen molar-refractivity contribution in [3.05, 3.63) is 17.7 Å². The molecule has 0 fully saturated rings. The first-order valence-electron chi connectivity index (χ1n) is 5.84. The number of ether oxygens (including phenoxy) is 1. The molecular formula is C12H23N3O. The molecule has 0 saturated heterocycles. The quantitative estimate of drug-likeness (QED) is 0.780. The van der Waals surface area contributed by atoms with Crippen molar-refractivity contribution in [1.82, 2.24) is 15.3 Å². The van der Waals surface area contributed by atoms with E-state index < -0.39 is 0 Å². The summed E-state index contributed by atoms with van der Waals surface area (Å²) in [4.78, 5) is 7.67. The van der Waals surface area contributed by atoms with Gasteiger partial charge in [0, 0.05) is 31.6 Å². The Morgan fingerprint density at radius 2 is 2.06 bits per heavy atom. The molecule has 0 saturated carbocycles. The van der Waals surface area contributed by atoms with E-state index in [9.17, 15) is 0 Å². The fourth-order valence-electron chi connectivity index (χ4n) is 1.62. The van der Waals surface area contributed by atoms with Gasteiger partial charge in [-0.05, 0) is 5.92 Å². The molecule has 2 N–H and O–H groups in total. The Labute approximate surface area is 97.8 Å². The van der Waals surface area contributed by atoms with Gasteiger partial charge >= 0.3 is 0 Å². The van der Waals surface area contributed by atoms with Gasteiger partial charge in [-0.25, -0.2) is 4.98 Å². The predicted octanol–water partition coefficient (Wildman–Crippen LogP) is 2.25. The summed E-state index contributed by atoms with van der Waals surface area (Å²) in [7, 11) is 1.72. The topological polar surface area (TPSA) is 49.9 Å². The summed E-state index contributed by atoms with van der Waals surface area (Å²) in [6.45, 7) is 9.33. The summed E-state index contributed by atoms with van der Waals surface area (Å²) in [5.41, 5.74) is 1.10. The minimum Gasteiger partial charge on any atom is -0.373 e. The van der Waals surface area contributed by atoms with E-state index in [0.29, 0.717) is 12.0 Å². The summed E-state index contributed by atoms with van der Waals surface area (Å²) < 4.78 is 5.42. The normalized spacial score (nSPS) is 13.7. The van der Waals surface area contributed by atoms with Gasteiger partial charge in [0.25, 0.3) is 0 Å². The van der Waals surface area contributed by atoms with Gasteiger partial charge in [0.05, 0.1) is 0 Å². The van der Waals surface area contributed by atoms with Crippen LogP contribution in [0.5, 0.6) is 0 Å². The van der Waals surface area contributed by atoms with Crippen LogP contribution in [0.3, 0.4) is 0 Å². The van der Waals surface area contributed by atoms with Crippen molar-refractivity contribution in [1.29, 1.82) is 0 Å². The second-order valence-electron chi connectivity index (χ2n) is 4.73. The summed E-state index contributed by atoms with van der Waals surface area (Å²) in [5.74, 6) is 1.33. The van der Waals surface area contributed by atoms with Gasteiger partial charge < -0.3 is 15.0 Å². The maximum absolute atomic E-state index is 5.42. The van der Waals surface area contributed by atoms with E-state index in [4.69, 9.17) is 4.74 Å². The molecule has 1 aromatic rings. The molecule has 16 heavy (non-hydrogen) atoms. The third-order valence-corrected chi connectivity index (χ3v) is 2.48. The highest BCUT2D eigenvalue weighted by Gasteiger charge is 2.18. The molecule has 92 valence electrons. The first-order chi connectivity index (χ1) is 7.54. The number of nitrogens with one attached hydrogen (secondary N) is 2. The lowest BCUT2D eigenvalue weighted by molar-refractivity contribution is 0.0580. The van der Waals surface area contributed by atoms with Crippen LogP contribution in [0, 0.1) is 5.92 Å². The standard InChI is InChI=1S/C12H23N3O/c1-8(2)11(16-5)12-14-7-10(15-12)6-13-9(3)4/h7-9,11,13H,6H2,1-5H3,(H,14,15). The molecule has 0 aromatic carbocycles. The molecule has 0 radical (unpaired) electrons. The van der Waals surface area contributed by atoms with Gasteiger partial charge in [0.2, 0.25) is 0 Å². The number of imidazole rings is 1. The number of hydrogen-bond acceptors (Lipinski definition) is 3. The number of H-pyrrole nitrogens is 1. The van der Waals surface area contributed by atoms with Crippen LogP contribution in [0.1, 0.15) is 45.3 Å².